The summed E-state index contributed by atoms with van der Waals surface area (Å²) in [5.41, 5.74) is 5.36. The molecule has 16 heavy (non-hydrogen) atoms. The topological polar surface area (TPSA) is 75.3 Å². The smallest absolute Gasteiger partial charge is 0.236 e. The Bertz CT molecular complexity index is 240. The number of nitrogens with one attached hydrogen (secondary N) is 1. The molecule has 4 N–H and O–H groups in total. The Hall–Kier alpha value is -0.320. The molecule has 1 aliphatic rings. The lowest BCUT2D eigenvalue weighted by Crippen LogP contribution is -2.44. The minimum Gasteiger partial charge on any atom is -0.392 e. The van der Waals surface area contributed by atoms with Crippen LogP contribution in [0.5, 0.6) is 0 Å². The maximum Gasteiger partial charge on any atom is 0.236 e. The Balaban J connectivity index is 0.00000225. The van der Waals surface area contributed by atoms with Gasteiger partial charge >= 0.3 is 0 Å². The maximum absolute atomic E-state index is 11.3. The Morgan fingerprint density at radius 1 is 1.44 bits per heavy atom. The summed E-state index contributed by atoms with van der Waals surface area (Å²) in [4.78, 5) is 11.3. The van der Waals surface area contributed by atoms with E-state index in [1.807, 2.05) is 13.8 Å². The molecule has 1 rings (SSSR count). The molecule has 96 valence electrons. The van der Waals surface area contributed by atoms with Crippen LogP contribution in [-0.2, 0) is 4.79 Å². The summed E-state index contributed by atoms with van der Waals surface area (Å²) in [7, 11) is 0. The van der Waals surface area contributed by atoms with Gasteiger partial charge in [-0.15, -0.1) is 12.4 Å². The third kappa shape index (κ3) is 3.61. The molecule has 1 amide bonds. The highest BCUT2D eigenvalue weighted by Gasteiger charge is 2.49. The first-order valence-electron chi connectivity index (χ1n) is 5.60. The van der Waals surface area contributed by atoms with E-state index >= 15 is 0 Å². The van der Waals surface area contributed by atoms with Gasteiger partial charge in [-0.1, -0.05) is 13.8 Å². The second-order valence-electron chi connectivity index (χ2n) is 5.06. The van der Waals surface area contributed by atoms with Crippen LogP contribution in [0.3, 0.4) is 0 Å². The van der Waals surface area contributed by atoms with E-state index in [1.54, 1.807) is 6.92 Å². The van der Waals surface area contributed by atoms with Gasteiger partial charge in [0.2, 0.25) is 5.91 Å². The maximum atomic E-state index is 11.3. The van der Waals surface area contributed by atoms with E-state index in [0.29, 0.717) is 6.54 Å². The Labute approximate surface area is 103 Å². The van der Waals surface area contributed by atoms with Crippen LogP contribution in [0.1, 0.15) is 33.6 Å². The van der Waals surface area contributed by atoms with Crippen molar-refractivity contribution in [2.75, 3.05) is 6.54 Å². The first-order chi connectivity index (χ1) is 6.89. The van der Waals surface area contributed by atoms with Gasteiger partial charge in [0.05, 0.1) is 12.1 Å². The fourth-order valence-corrected chi connectivity index (χ4v) is 1.87. The lowest BCUT2D eigenvalue weighted by molar-refractivity contribution is -0.122. The predicted molar refractivity (Wildman–Crippen MR) is 66.4 cm³/mol. The van der Waals surface area contributed by atoms with Crippen molar-refractivity contribution in [3.05, 3.63) is 0 Å². The number of rotatable bonds is 5. The molecule has 0 aromatic heterocycles. The van der Waals surface area contributed by atoms with Crippen LogP contribution in [0, 0.1) is 11.3 Å². The van der Waals surface area contributed by atoms with E-state index in [2.05, 4.69) is 5.32 Å². The van der Waals surface area contributed by atoms with E-state index in [9.17, 15) is 9.90 Å². The molecule has 1 aliphatic carbocycles. The van der Waals surface area contributed by atoms with Crippen molar-refractivity contribution < 1.29 is 9.90 Å². The highest BCUT2D eigenvalue weighted by Crippen LogP contribution is 2.50. The first-order valence-corrected chi connectivity index (χ1v) is 5.60. The number of aliphatic hydroxyl groups is 1. The number of amides is 1. The Morgan fingerprint density at radius 2 is 1.94 bits per heavy atom. The summed E-state index contributed by atoms with van der Waals surface area (Å²) in [6.45, 7) is 6.21. The minimum absolute atomic E-state index is 0. The highest BCUT2D eigenvalue weighted by molar-refractivity contribution is 5.85. The first kappa shape index (κ1) is 15.7. The SMILES string of the molecule is CC(C)C(O)C1(CNC(=O)[C@@H](C)N)CC1.Cl. The zero-order valence-electron chi connectivity index (χ0n) is 10.2. The van der Waals surface area contributed by atoms with E-state index in [4.69, 9.17) is 5.73 Å². The van der Waals surface area contributed by atoms with Crippen LogP contribution in [0.25, 0.3) is 0 Å². The van der Waals surface area contributed by atoms with Gasteiger partial charge in [0.25, 0.3) is 0 Å². The third-order valence-corrected chi connectivity index (χ3v) is 3.18. The molecule has 4 nitrogen and oxygen atoms in total. The molecule has 5 heteroatoms. The molecular formula is C11H23ClN2O2. The molecule has 0 radical (unpaired) electrons. The monoisotopic (exact) mass is 250 g/mol. The van der Waals surface area contributed by atoms with Crippen LogP contribution >= 0.6 is 12.4 Å². The summed E-state index contributed by atoms with van der Waals surface area (Å²) >= 11 is 0. The van der Waals surface area contributed by atoms with Gasteiger partial charge in [-0.2, -0.15) is 0 Å². The Morgan fingerprint density at radius 3 is 2.25 bits per heavy atom. The van der Waals surface area contributed by atoms with E-state index in [-0.39, 0.29) is 35.8 Å². The summed E-state index contributed by atoms with van der Waals surface area (Å²) in [6, 6.07) is -0.475. The zero-order chi connectivity index (χ0) is 11.6. The fraction of sp³-hybridized carbons (Fsp3) is 0.909. The number of hydrogen-bond donors (Lipinski definition) is 3. The van der Waals surface area contributed by atoms with Crippen molar-refractivity contribution >= 4 is 18.3 Å². The van der Waals surface area contributed by atoms with Crippen LogP contribution in [0.4, 0.5) is 0 Å². The van der Waals surface area contributed by atoms with Crippen molar-refractivity contribution in [3.8, 4) is 0 Å². The normalized spacial score (nSPS) is 20.9. The summed E-state index contributed by atoms with van der Waals surface area (Å²) in [5.74, 6) is 0.0944. The average Bonchev–Trinajstić information content (AvgIpc) is 2.93. The van der Waals surface area contributed by atoms with Gasteiger partial charge in [-0.05, 0) is 25.7 Å². The minimum atomic E-state index is -0.475. The molecule has 0 aromatic carbocycles. The number of aliphatic hydroxyl groups excluding tert-OH is 1. The lowest BCUT2D eigenvalue weighted by Gasteiger charge is -2.26. The number of halogens is 1. The Kier molecular flexibility index (Phi) is 5.73. The molecule has 2 atom stereocenters. The van der Waals surface area contributed by atoms with Crippen molar-refractivity contribution in [1.82, 2.24) is 5.32 Å². The predicted octanol–water partition coefficient (Wildman–Crippen LogP) is 0.669. The number of carbonyl (C=O) groups is 1. The third-order valence-electron chi connectivity index (χ3n) is 3.18. The molecular weight excluding hydrogens is 228 g/mol. The van der Waals surface area contributed by atoms with Gasteiger partial charge in [0.1, 0.15) is 0 Å². The van der Waals surface area contributed by atoms with E-state index in [0.717, 1.165) is 12.8 Å². The number of hydrogen-bond acceptors (Lipinski definition) is 3. The zero-order valence-corrected chi connectivity index (χ0v) is 11.0. The second kappa shape index (κ2) is 5.84. The fourth-order valence-electron chi connectivity index (χ4n) is 1.87. The van der Waals surface area contributed by atoms with Gasteiger partial charge in [0, 0.05) is 12.0 Å². The molecule has 0 heterocycles. The van der Waals surface area contributed by atoms with Crippen LogP contribution in [-0.4, -0.2) is 29.7 Å². The lowest BCUT2D eigenvalue weighted by atomic mass is 9.90. The largest absolute Gasteiger partial charge is 0.392 e. The number of carbonyl (C=O) groups excluding carboxylic acids is 1. The summed E-state index contributed by atoms with van der Waals surface area (Å²) in [6.07, 6.45) is 1.66. The van der Waals surface area contributed by atoms with Gasteiger partial charge < -0.3 is 16.2 Å². The molecule has 1 unspecified atom stereocenters. The summed E-state index contributed by atoms with van der Waals surface area (Å²) in [5, 5.41) is 12.8. The highest BCUT2D eigenvalue weighted by atomic mass is 35.5. The van der Waals surface area contributed by atoms with Crippen LogP contribution in [0.2, 0.25) is 0 Å². The van der Waals surface area contributed by atoms with E-state index in [1.165, 1.54) is 0 Å². The molecule has 0 aromatic rings. The molecule has 0 aliphatic heterocycles. The standard InChI is InChI=1S/C11H22N2O2.ClH/c1-7(2)9(14)11(4-5-11)6-13-10(15)8(3)12;/h7-9,14H,4-6,12H2,1-3H3,(H,13,15);1H/t8-,9?;/m1./s1. The molecule has 1 saturated carbocycles. The summed E-state index contributed by atoms with van der Waals surface area (Å²) < 4.78 is 0. The molecule has 0 bridgehead atoms. The van der Waals surface area contributed by atoms with E-state index < -0.39 is 6.04 Å². The van der Waals surface area contributed by atoms with Gasteiger partial charge in [0.15, 0.2) is 0 Å². The average molecular weight is 251 g/mol. The quantitative estimate of drug-likeness (QED) is 0.671. The molecule has 1 fully saturated rings. The van der Waals surface area contributed by atoms with Crippen molar-refractivity contribution in [2.45, 2.75) is 45.8 Å². The van der Waals surface area contributed by atoms with Crippen LogP contribution in [0.15, 0.2) is 0 Å². The number of nitrogens with two attached hydrogens (primary N) is 1. The van der Waals surface area contributed by atoms with Crippen molar-refractivity contribution in [1.29, 1.82) is 0 Å². The van der Waals surface area contributed by atoms with Gasteiger partial charge in [-0.25, -0.2) is 0 Å². The van der Waals surface area contributed by atoms with Crippen LogP contribution < -0.4 is 11.1 Å². The van der Waals surface area contributed by atoms with Crippen molar-refractivity contribution in [2.24, 2.45) is 17.1 Å². The van der Waals surface area contributed by atoms with Gasteiger partial charge in [-0.3, -0.25) is 4.79 Å². The molecule has 0 saturated heterocycles. The molecule has 0 spiro atoms. The van der Waals surface area contributed by atoms with Crippen molar-refractivity contribution in [3.63, 3.8) is 0 Å². The second-order valence-corrected chi connectivity index (χ2v) is 5.06.